The van der Waals surface area contributed by atoms with E-state index in [2.05, 4.69) is 10.2 Å². The Balaban J connectivity index is 1.61. The van der Waals surface area contributed by atoms with Crippen molar-refractivity contribution in [3.05, 3.63) is 0 Å². The normalized spacial score (nSPS) is 40.6. The minimum Gasteiger partial charge on any atom is -0.380 e. The zero-order valence-electron chi connectivity index (χ0n) is 10.9. The third kappa shape index (κ3) is 2.67. The van der Waals surface area contributed by atoms with Crippen molar-refractivity contribution < 1.29 is 4.74 Å². The molecule has 3 aliphatic rings. The Labute approximate surface area is 105 Å². The van der Waals surface area contributed by atoms with Crippen LogP contribution in [0.4, 0.5) is 0 Å². The van der Waals surface area contributed by atoms with Crippen LogP contribution in [0.1, 0.15) is 38.5 Å². The molecule has 2 unspecified atom stereocenters. The van der Waals surface area contributed by atoms with Crippen LogP contribution in [-0.2, 0) is 4.74 Å². The summed E-state index contributed by atoms with van der Waals surface area (Å²) in [5.74, 6) is 0. The fraction of sp³-hybridized carbons (Fsp3) is 1.00. The number of nitrogens with one attached hydrogen (secondary N) is 1. The van der Waals surface area contributed by atoms with Gasteiger partial charge in [0, 0.05) is 25.7 Å². The number of ether oxygens (including phenoxy) is 1. The molecule has 0 amide bonds. The van der Waals surface area contributed by atoms with Crippen molar-refractivity contribution in [2.24, 2.45) is 5.41 Å². The second-order valence-corrected chi connectivity index (χ2v) is 6.23. The van der Waals surface area contributed by atoms with Crippen LogP contribution in [0.5, 0.6) is 0 Å². The third-order valence-electron chi connectivity index (χ3n) is 4.90. The van der Waals surface area contributed by atoms with Gasteiger partial charge in [-0.3, -0.25) is 4.90 Å². The van der Waals surface area contributed by atoms with Crippen molar-refractivity contribution in [2.45, 2.75) is 44.6 Å². The first-order chi connectivity index (χ1) is 8.38. The van der Waals surface area contributed by atoms with Gasteiger partial charge in [-0.1, -0.05) is 0 Å². The smallest absolute Gasteiger partial charge is 0.0621 e. The minimum absolute atomic E-state index is 0.591. The van der Waals surface area contributed by atoms with E-state index in [4.69, 9.17) is 4.74 Å². The van der Waals surface area contributed by atoms with E-state index in [0.29, 0.717) is 11.5 Å². The number of likely N-dealkylation sites (tertiary alicyclic amines) is 1. The Bertz CT molecular complexity index is 239. The van der Waals surface area contributed by atoms with E-state index in [9.17, 15) is 0 Å². The monoisotopic (exact) mass is 238 g/mol. The molecule has 0 aromatic carbocycles. The fourth-order valence-corrected chi connectivity index (χ4v) is 3.95. The van der Waals surface area contributed by atoms with Crippen LogP contribution >= 0.6 is 0 Å². The Hall–Kier alpha value is -0.120. The molecule has 3 aliphatic heterocycles. The van der Waals surface area contributed by atoms with Crippen LogP contribution in [0.25, 0.3) is 0 Å². The Morgan fingerprint density at radius 1 is 1.18 bits per heavy atom. The summed E-state index contributed by atoms with van der Waals surface area (Å²) >= 11 is 0. The molecule has 3 heteroatoms. The molecule has 1 N–H and O–H groups in total. The van der Waals surface area contributed by atoms with Crippen molar-refractivity contribution in [1.82, 2.24) is 10.2 Å². The van der Waals surface area contributed by atoms with Gasteiger partial charge in [0.2, 0.25) is 0 Å². The van der Waals surface area contributed by atoms with Gasteiger partial charge in [0.15, 0.2) is 0 Å². The molecule has 1 spiro atoms. The summed E-state index contributed by atoms with van der Waals surface area (Å²) in [6.07, 6.45) is 8.23. The molecule has 0 aromatic rings. The standard InChI is InChI=1S/C14H26N2O/c1-4-13(10-17-9-1)16-8-3-6-14(12-16)5-2-7-15-11-14/h13,15H,1-12H2. The molecule has 17 heavy (non-hydrogen) atoms. The number of piperidine rings is 2. The van der Waals surface area contributed by atoms with Crippen LogP contribution in [-0.4, -0.2) is 50.3 Å². The first kappa shape index (κ1) is 11.9. The van der Waals surface area contributed by atoms with Crippen molar-refractivity contribution in [3.63, 3.8) is 0 Å². The number of hydrogen-bond acceptors (Lipinski definition) is 3. The van der Waals surface area contributed by atoms with Gasteiger partial charge in [0.1, 0.15) is 0 Å². The van der Waals surface area contributed by atoms with Crippen LogP contribution in [0.3, 0.4) is 0 Å². The fourth-order valence-electron chi connectivity index (χ4n) is 3.95. The Morgan fingerprint density at radius 3 is 2.88 bits per heavy atom. The molecule has 98 valence electrons. The first-order valence-corrected chi connectivity index (χ1v) is 7.41. The minimum atomic E-state index is 0.591. The quantitative estimate of drug-likeness (QED) is 0.751. The van der Waals surface area contributed by atoms with E-state index in [0.717, 1.165) is 13.2 Å². The maximum atomic E-state index is 5.65. The van der Waals surface area contributed by atoms with Gasteiger partial charge in [-0.2, -0.15) is 0 Å². The number of nitrogens with zero attached hydrogens (tertiary/aromatic N) is 1. The molecule has 3 nitrogen and oxygen atoms in total. The highest BCUT2D eigenvalue weighted by Gasteiger charge is 2.38. The van der Waals surface area contributed by atoms with Crippen molar-refractivity contribution in [3.8, 4) is 0 Å². The predicted octanol–water partition coefficient (Wildman–Crippen LogP) is 1.63. The molecule has 3 fully saturated rings. The van der Waals surface area contributed by atoms with Gasteiger partial charge in [-0.25, -0.2) is 0 Å². The first-order valence-electron chi connectivity index (χ1n) is 7.41. The molecule has 0 radical (unpaired) electrons. The molecule has 3 rings (SSSR count). The molecular weight excluding hydrogens is 212 g/mol. The van der Waals surface area contributed by atoms with E-state index < -0.39 is 0 Å². The summed E-state index contributed by atoms with van der Waals surface area (Å²) in [4.78, 5) is 2.73. The van der Waals surface area contributed by atoms with E-state index in [1.54, 1.807) is 0 Å². The summed E-state index contributed by atoms with van der Waals surface area (Å²) in [6.45, 7) is 7.05. The van der Waals surface area contributed by atoms with Crippen molar-refractivity contribution >= 4 is 0 Å². The Kier molecular flexibility index (Phi) is 3.69. The predicted molar refractivity (Wildman–Crippen MR) is 69.2 cm³/mol. The lowest BCUT2D eigenvalue weighted by molar-refractivity contribution is -0.0246. The molecule has 3 saturated heterocycles. The largest absolute Gasteiger partial charge is 0.380 e. The van der Waals surface area contributed by atoms with Crippen LogP contribution in [0.15, 0.2) is 0 Å². The zero-order valence-corrected chi connectivity index (χ0v) is 10.9. The lowest BCUT2D eigenvalue weighted by Gasteiger charge is -2.48. The van der Waals surface area contributed by atoms with E-state index in [-0.39, 0.29) is 0 Å². The van der Waals surface area contributed by atoms with Gasteiger partial charge in [0.25, 0.3) is 0 Å². The van der Waals surface area contributed by atoms with Gasteiger partial charge >= 0.3 is 0 Å². The topological polar surface area (TPSA) is 24.5 Å². The summed E-state index contributed by atoms with van der Waals surface area (Å²) in [6, 6.07) is 0.711. The molecule has 0 aliphatic carbocycles. The highest BCUT2D eigenvalue weighted by molar-refractivity contribution is 4.93. The van der Waals surface area contributed by atoms with Crippen LogP contribution in [0, 0.1) is 5.41 Å². The second kappa shape index (κ2) is 5.25. The van der Waals surface area contributed by atoms with E-state index in [1.165, 1.54) is 64.7 Å². The summed E-state index contributed by atoms with van der Waals surface area (Å²) in [7, 11) is 0. The van der Waals surface area contributed by atoms with Crippen molar-refractivity contribution in [2.75, 3.05) is 39.4 Å². The number of hydrogen-bond donors (Lipinski definition) is 1. The molecule has 0 aromatic heterocycles. The highest BCUT2D eigenvalue weighted by Crippen LogP contribution is 2.37. The SMILES string of the molecule is C1COCC(N2CCCC3(CCCNC3)C2)C1. The average molecular weight is 238 g/mol. The van der Waals surface area contributed by atoms with E-state index in [1.807, 2.05) is 0 Å². The molecule has 0 bridgehead atoms. The summed E-state index contributed by atoms with van der Waals surface area (Å²) in [5, 5.41) is 3.61. The van der Waals surface area contributed by atoms with Gasteiger partial charge < -0.3 is 10.1 Å². The average Bonchev–Trinajstić information content (AvgIpc) is 2.41. The van der Waals surface area contributed by atoms with Gasteiger partial charge in [-0.15, -0.1) is 0 Å². The lowest BCUT2D eigenvalue weighted by atomic mass is 9.74. The molecular formula is C14H26N2O. The molecule has 2 atom stereocenters. The van der Waals surface area contributed by atoms with E-state index >= 15 is 0 Å². The highest BCUT2D eigenvalue weighted by atomic mass is 16.5. The second-order valence-electron chi connectivity index (χ2n) is 6.23. The molecule has 0 saturated carbocycles. The van der Waals surface area contributed by atoms with Crippen LogP contribution in [0.2, 0.25) is 0 Å². The summed E-state index contributed by atoms with van der Waals surface area (Å²) < 4.78 is 5.65. The van der Waals surface area contributed by atoms with Gasteiger partial charge in [0.05, 0.1) is 6.61 Å². The maximum Gasteiger partial charge on any atom is 0.0621 e. The third-order valence-corrected chi connectivity index (χ3v) is 4.90. The Morgan fingerprint density at radius 2 is 2.12 bits per heavy atom. The number of rotatable bonds is 1. The zero-order chi connectivity index (χ0) is 11.6. The van der Waals surface area contributed by atoms with Gasteiger partial charge in [-0.05, 0) is 57.0 Å². The molecule has 3 heterocycles. The lowest BCUT2D eigenvalue weighted by Crippen LogP contribution is -2.55. The van der Waals surface area contributed by atoms with Crippen molar-refractivity contribution in [1.29, 1.82) is 0 Å². The van der Waals surface area contributed by atoms with Crippen LogP contribution < -0.4 is 5.32 Å². The summed E-state index contributed by atoms with van der Waals surface area (Å²) in [5.41, 5.74) is 0.591. The maximum absolute atomic E-state index is 5.65.